The van der Waals surface area contributed by atoms with Crippen LogP contribution in [-0.2, 0) is 21.2 Å². The van der Waals surface area contributed by atoms with Gasteiger partial charge in [-0.25, -0.2) is 26.0 Å². The number of hydrogen-bond donors (Lipinski definition) is 3. The predicted molar refractivity (Wildman–Crippen MR) is 105 cm³/mol. The van der Waals surface area contributed by atoms with Crippen LogP contribution in [-0.4, -0.2) is 14.3 Å². The first-order valence-electron chi connectivity index (χ1n) is 8.71. The highest BCUT2D eigenvalue weighted by molar-refractivity contribution is 7.92. The van der Waals surface area contributed by atoms with Gasteiger partial charge in [0.1, 0.15) is 5.82 Å². The summed E-state index contributed by atoms with van der Waals surface area (Å²) in [6.07, 6.45) is -0.163. The molecule has 0 aliphatic heterocycles. The lowest BCUT2D eigenvalue weighted by molar-refractivity contribution is -0.119. The Bertz CT molecular complexity index is 1200. The van der Waals surface area contributed by atoms with Crippen LogP contribution in [0.1, 0.15) is 5.56 Å². The minimum atomic E-state index is -3.91. The summed E-state index contributed by atoms with van der Waals surface area (Å²) in [5.41, 5.74) is 4.59. The molecule has 11 heteroatoms. The average Bonchev–Trinajstić information content (AvgIpc) is 2.73. The lowest BCUT2D eigenvalue weighted by atomic mass is 10.1. The zero-order valence-corrected chi connectivity index (χ0v) is 16.4. The first-order valence-corrected chi connectivity index (χ1v) is 10.2. The van der Waals surface area contributed by atoms with Crippen LogP contribution in [0.2, 0.25) is 0 Å². The van der Waals surface area contributed by atoms with Crippen LogP contribution >= 0.6 is 0 Å². The van der Waals surface area contributed by atoms with Gasteiger partial charge >= 0.3 is 0 Å². The summed E-state index contributed by atoms with van der Waals surface area (Å²) in [6.45, 7) is 0. The molecule has 0 bridgehead atoms. The summed E-state index contributed by atoms with van der Waals surface area (Å²) in [6, 6.07) is 11.7. The molecule has 0 aliphatic rings. The molecule has 0 saturated carbocycles. The minimum absolute atomic E-state index is 0.118. The maximum absolute atomic E-state index is 13.6. The topological polar surface area (TPSA) is 87.3 Å². The molecule has 162 valence electrons. The number of anilines is 2. The normalized spacial score (nSPS) is 11.1. The zero-order chi connectivity index (χ0) is 22.6. The van der Waals surface area contributed by atoms with E-state index < -0.39 is 44.9 Å². The molecule has 3 aromatic carbocycles. The van der Waals surface area contributed by atoms with Gasteiger partial charge in [-0.05, 0) is 54.1 Å². The predicted octanol–water partition coefficient (Wildman–Crippen LogP) is 3.73. The molecule has 0 aliphatic carbocycles. The van der Waals surface area contributed by atoms with Crippen molar-refractivity contribution in [1.29, 1.82) is 0 Å². The van der Waals surface area contributed by atoms with Crippen LogP contribution in [0.3, 0.4) is 0 Å². The average molecular weight is 453 g/mol. The van der Waals surface area contributed by atoms with E-state index in [0.717, 1.165) is 30.3 Å². The van der Waals surface area contributed by atoms with Gasteiger partial charge in [0, 0.05) is 5.69 Å². The van der Waals surface area contributed by atoms with E-state index in [1.807, 2.05) is 0 Å². The molecule has 3 rings (SSSR count). The third-order valence-corrected chi connectivity index (χ3v) is 5.46. The molecule has 0 saturated heterocycles. The molecule has 0 radical (unpaired) electrons. The molecule has 0 atom stereocenters. The number of benzene rings is 3. The van der Waals surface area contributed by atoms with E-state index in [4.69, 9.17) is 0 Å². The Kier molecular flexibility index (Phi) is 6.44. The summed E-state index contributed by atoms with van der Waals surface area (Å²) in [4.78, 5) is 11.9. The van der Waals surface area contributed by atoms with Gasteiger partial charge in [-0.15, -0.1) is 0 Å². The molecule has 1 amide bonds. The quantitative estimate of drug-likeness (QED) is 0.289. The van der Waals surface area contributed by atoms with Crippen molar-refractivity contribution in [3.05, 3.63) is 89.5 Å². The number of hydrazine groups is 1. The molecule has 0 heterocycles. The second-order valence-electron chi connectivity index (χ2n) is 6.33. The molecule has 31 heavy (non-hydrogen) atoms. The molecule has 6 nitrogen and oxygen atoms in total. The summed E-state index contributed by atoms with van der Waals surface area (Å²) in [7, 11) is -3.91. The molecule has 0 unspecified atom stereocenters. The molecular formula is C20H15F4N3O3S. The van der Waals surface area contributed by atoms with Crippen LogP contribution < -0.4 is 15.6 Å². The van der Waals surface area contributed by atoms with E-state index >= 15 is 0 Å². The van der Waals surface area contributed by atoms with Crippen molar-refractivity contribution in [2.24, 2.45) is 0 Å². The van der Waals surface area contributed by atoms with Crippen LogP contribution in [0.4, 0.5) is 28.9 Å². The minimum Gasteiger partial charge on any atom is -0.296 e. The van der Waals surface area contributed by atoms with Gasteiger partial charge in [-0.3, -0.25) is 20.4 Å². The fourth-order valence-corrected chi connectivity index (χ4v) is 3.57. The maximum atomic E-state index is 13.6. The Balaban J connectivity index is 1.58. The van der Waals surface area contributed by atoms with Gasteiger partial charge < -0.3 is 0 Å². The van der Waals surface area contributed by atoms with E-state index in [-0.39, 0.29) is 17.0 Å². The summed E-state index contributed by atoms with van der Waals surface area (Å²) in [5.74, 6) is -5.67. The van der Waals surface area contributed by atoms with E-state index in [1.165, 1.54) is 24.3 Å². The van der Waals surface area contributed by atoms with Crippen molar-refractivity contribution < 1.29 is 30.8 Å². The number of halogens is 4. The van der Waals surface area contributed by atoms with Crippen molar-refractivity contribution >= 4 is 27.3 Å². The van der Waals surface area contributed by atoms with Crippen molar-refractivity contribution in [2.45, 2.75) is 11.3 Å². The number of carbonyl (C=O) groups is 1. The van der Waals surface area contributed by atoms with Crippen LogP contribution in [0.15, 0.2) is 65.6 Å². The first kappa shape index (κ1) is 22.1. The summed E-state index contributed by atoms with van der Waals surface area (Å²) in [5, 5.41) is 0. The number of amides is 1. The van der Waals surface area contributed by atoms with Crippen LogP contribution in [0.25, 0.3) is 0 Å². The summed E-state index contributed by atoms with van der Waals surface area (Å²) >= 11 is 0. The number of carbonyl (C=O) groups excluding carboxylic acids is 1. The second-order valence-corrected chi connectivity index (χ2v) is 8.01. The standard InChI is InChI=1S/C20H15F4N3O3S/c21-13-3-7-15(8-4-13)31(29,30)27-14-5-1-12(2-6-14)11-18(28)26-25-17-10-9-16(22)19(23)20(17)24/h1-10,25,27H,11H2,(H,26,28). The fraction of sp³-hybridized carbons (Fsp3) is 0.0500. The Morgan fingerprint density at radius 1 is 0.806 bits per heavy atom. The van der Waals surface area contributed by atoms with Crippen molar-refractivity contribution in [3.8, 4) is 0 Å². The van der Waals surface area contributed by atoms with Gasteiger partial charge in [-0.1, -0.05) is 12.1 Å². The molecule has 0 fully saturated rings. The van der Waals surface area contributed by atoms with Gasteiger partial charge in [-0.2, -0.15) is 0 Å². The highest BCUT2D eigenvalue weighted by Gasteiger charge is 2.15. The van der Waals surface area contributed by atoms with Crippen LogP contribution in [0.5, 0.6) is 0 Å². The molecule has 0 spiro atoms. The van der Waals surface area contributed by atoms with Gasteiger partial charge in [0.15, 0.2) is 17.5 Å². The largest absolute Gasteiger partial charge is 0.296 e. The number of rotatable bonds is 7. The van der Waals surface area contributed by atoms with Gasteiger partial charge in [0.2, 0.25) is 5.91 Å². The molecule has 0 aromatic heterocycles. The number of hydrogen-bond acceptors (Lipinski definition) is 4. The van der Waals surface area contributed by atoms with E-state index in [9.17, 15) is 30.8 Å². The monoisotopic (exact) mass is 453 g/mol. The SMILES string of the molecule is O=C(Cc1ccc(NS(=O)(=O)c2ccc(F)cc2)cc1)NNc1ccc(F)c(F)c1F. The maximum Gasteiger partial charge on any atom is 0.261 e. The fourth-order valence-electron chi connectivity index (χ4n) is 2.51. The van der Waals surface area contributed by atoms with E-state index in [2.05, 4.69) is 15.6 Å². The highest BCUT2D eigenvalue weighted by Crippen LogP contribution is 2.19. The van der Waals surface area contributed by atoms with Gasteiger partial charge in [0.05, 0.1) is 17.0 Å². The van der Waals surface area contributed by atoms with Gasteiger partial charge in [0.25, 0.3) is 10.0 Å². The van der Waals surface area contributed by atoms with E-state index in [1.54, 1.807) is 0 Å². The number of nitrogens with one attached hydrogen (secondary N) is 3. The zero-order valence-electron chi connectivity index (χ0n) is 15.6. The molecular weight excluding hydrogens is 438 g/mol. The van der Waals surface area contributed by atoms with Crippen molar-refractivity contribution in [1.82, 2.24) is 5.43 Å². The van der Waals surface area contributed by atoms with Crippen LogP contribution in [0, 0.1) is 23.3 Å². The highest BCUT2D eigenvalue weighted by atomic mass is 32.2. The first-order chi connectivity index (χ1) is 14.7. The molecule has 3 aromatic rings. The Morgan fingerprint density at radius 3 is 2.10 bits per heavy atom. The summed E-state index contributed by atoms with van der Waals surface area (Å²) < 4.78 is 79.5. The molecule has 3 N–H and O–H groups in total. The smallest absolute Gasteiger partial charge is 0.261 e. The third kappa shape index (κ3) is 5.51. The Morgan fingerprint density at radius 2 is 1.45 bits per heavy atom. The lowest BCUT2D eigenvalue weighted by Gasteiger charge is -2.11. The number of sulfonamides is 1. The lowest BCUT2D eigenvalue weighted by Crippen LogP contribution is -2.31. The Labute approximate surface area is 174 Å². The second kappa shape index (κ2) is 9.04. The van der Waals surface area contributed by atoms with Crippen molar-refractivity contribution in [3.63, 3.8) is 0 Å². The Hall–Kier alpha value is -3.60. The van der Waals surface area contributed by atoms with Crippen molar-refractivity contribution in [2.75, 3.05) is 10.1 Å². The van der Waals surface area contributed by atoms with E-state index in [0.29, 0.717) is 11.6 Å². The third-order valence-electron chi connectivity index (χ3n) is 4.07.